The van der Waals surface area contributed by atoms with Crippen LogP contribution < -0.4 is 25.4 Å². The fourth-order valence-corrected chi connectivity index (χ4v) is 6.16. The Hall–Kier alpha value is -5.22. The van der Waals surface area contributed by atoms with Crippen molar-refractivity contribution in [3.05, 3.63) is 154 Å². The topological polar surface area (TPSA) is 106 Å². The van der Waals surface area contributed by atoms with Crippen LogP contribution in [0, 0.1) is 0 Å². The molecule has 0 aliphatic rings. The number of benzene rings is 5. The van der Waals surface area contributed by atoms with E-state index >= 15 is 0 Å². The third kappa shape index (κ3) is 9.23. The summed E-state index contributed by atoms with van der Waals surface area (Å²) in [7, 11) is 3.04. The maximum absolute atomic E-state index is 13.7. The van der Waals surface area contributed by atoms with Crippen molar-refractivity contribution < 1.29 is 23.9 Å². The highest BCUT2D eigenvalue weighted by Gasteiger charge is 2.24. The first kappa shape index (κ1) is 35.1. The van der Waals surface area contributed by atoms with Crippen LogP contribution in [0.25, 0.3) is 6.08 Å². The molecule has 0 radical (unpaired) electrons. The molecule has 248 valence electrons. The summed E-state index contributed by atoms with van der Waals surface area (Å²) < 4.78 is 10.8. The van der Waals surface area contributed by atoms with Crippen molar-refractivity contribution in [1.82, 2.24) is 5.32 Å². The number of hydrogen-bond donors (Lipinski definition) is 3. The van der Waals surface area contributed by atoms with Gasteiger partial charge in [0.05, 0.1) is 30.0 Å². The standard InChI is InChI=1S/C38H31Cl2N3O5S/c1-47-32-20-19-24(22-33(32)48-2)21-31(43-36(44)26-13-7-4-8-14-26)37(45)41-27-15-9-16-28(23-27)49-35(25-11-5-3-6-12-25)38(46)42-30-18-10-17-29(39)34(30)40/h3-23,35H,1-2H3,(H,41,45)(H,42,46)(H,43,44)/b31-21+. The van der Waals surface area contributed by atoms with E-state index in [1.807, 2.05) is 36.4 Å². The van der Waals surface area contributed by atoms with Crippen LogP contribution in [0.15, 0.2) is 132 Å². The van der Waals surface area contributed by atoms with Crippen molar-refractivity contribution in [3.8, 4) is 11.5 Å². The molecule has 0 saturated heterocycles. The van der Waals surface area contributed by atoms with Crippen molar-refractivity contribution in [1.29, 1.82) is 0 Å². The zero-order valence-corrected chi connectivity index (χ0v) is 28.7. The van der Waals surface area contributed by atoms with E-state index in [0.29, 0.717) is 43.9 Å². The van der Waals surface area contributed by atoms with Crippen molar-refractivity contribution in [3.63, 3.8) is 0 Å². The molecular weight excluding hydrogens is 681 g/mol. The molecule has 5 rings (SSSR count). The van der Waals surface area contributed by atoms with E-state index in [2.05, 4.69) is 16.0 Å². The molecule has 11 heteroatoms. The Labute approximate surface area is 298 Å². The van der Waals surface area contributed by atoms with Crippen molar-refractivity contribution in [2.45, 2.75) is 10.1 Å². The lowest BCUT2D eigenvalue weighted by Crippen LogP contribution is -2.30. The molecule has 0 bridgehead atoms. The number of methoxy groups -OCH3 is 2. The van der Waals surface area contributed by atoms with Gasteiger partial charge in [-0.2, -0.15) is 0 Å². The molecule has 0 spiro atoms. The van der Waals surface area contributed by atoms with Gasteiger partial charge in [0.2, 0.25) is 5.91 Å². The van der Waals surface area contributed by atoms with Crippen LogP contribution in [0.4, 0.5) is 11.4 Å². The van der Waals surface area contributed by atoms with E-state index in [4.69, 9.17) is 32.7 Å². The van der Waals surface area contributed by atoms with Gasteiger partial charge in [-0.25, -0.2) is 0 Å². The minimum absolute atomic E-state index is 0.000862. The van der Waals surface area contributed by atoms with Crippen LogP contribution in [0.5, 0.6) is 11.5 Å². The molecule has 0 aromatic heterocycles. The van der Waals surface area contributed by atoms with E-state index in [9.17, 15) is 14.4 Å². The predicted molar refractivity (Wildman–Crippen MR) is 197 cm³/mol. The summed E-state index contributed by atoms with van der Waals surface area (Å²) >= 11 is 13.8. The highest BCUT2D eigenvalue weighted by atomic mass is 35.5. The first-order valence-electron chi connectivity index (χ1n) is 14.9. The first-order valence-corrected chi connectivity index (χ1v) is 16.6. The Kier molecular flexibility index (Phi) is 12.0. The van der Waals surface area contributed by atoms with E-state index in [0.717, 1.165) is 5.56 Å². The summed E-state index contributed by atoms with van der Waals surface area (Å²) in [6.45, 7) is 0. The van der Waals surface area contributed by atoms with Crippen molar-refractivity contribution in [2.24, 2.45) is 0 Å². The zero-order chi connectivity index (χ0) is 34.8. The Morgan fingerprint density at radius 1 is 0.735 bits per heavy atom. The predicted octanol–water partition coefficient (Wildman–Crippen LogP) is 8.89. The molecule has 0 saturated carbocycles. The quantitative estimate of drug-likeness (QED) is 0.0882. The molecule has 1 atom stereocenters. The molecule has 0 heterocycles. The van der Waals surface area contributed by atoms with Gasteiger partial charge in [-0.05, 0) is 71.8 Å². The summed E-state index contributed by atoms with van der Waals surface area (Å²) in [6.07, 6.45) is 1.55. The maximum atomic E-state index is 13.7. The van der Waals surface area contributed by atoms with Crippen LogP contribution in [0.2, 0.25) is 10.0 Å². The molecule has 0 fully saturated rings. The van der Waals surface area contributed by atoms with Crippen LogP contribution in [0.1, 0.15) is 26.7 Å². The number of thioether (sulfide) groups is 1. The Morgan fingerprint density at radius 3 is 2.14 bits per heavy atom. The number of halogens is 2. The second-order valence-electron chi connectivity index (χ2n) is 10.5. The molecule has 0 aliphatic heterocycles. The summed E-state index contributed by atoms with van der Waals surface area (Å²) in [5, 5.41) is 8.41. The van der Waals surface area contributed by atoms with Crippen molar-refractivity contribution >= 4 is 70.1 Å². The summed E-state index contributed by atoms with van der Waals surface area (Å²) in [6, 6.07) is 35.2. The summed E-state index contributed by atoms with van der Waals surface area (Å²) in [5.74, 6) is -0.341. The Morgan fingerprint density at radius 2 is 1.43 bits per heavy atom. The molecule has 5 aromatic rings. The number of carbonyl (C=O) groups is 3. The zero-order valence-electron chi connectivity index (χ0n) is 26.4. The van der Waals surface area contributed by atoms with Crippen LogP contribution >= 0.6 is 35.0 Å². The largest absolute Gasteiger partial charge is 0.493 e. The van der Waals surface area contributed by atoms with Gasteiger partial charge >= 0.3 is 0 Å². The molecule has 1 unspecified atom stereocenters. The van der Waals surface area contributed by atoms with E-state index in [1.54, 1.807) is 91.0 Å². The number of ether oxygens (including phenoxy) is 2. The molecule has 3 amide bonds. The van der Waals surface area contributed by atoms with E-state index < -0.39 is 17.1 Å². The first-order chi connectivity index (χ1) is 23.7. The number of carbonyl (C=O) groups excluding carboxylic acids is 3. The second kappa shape index (κ2) is 16.7. The lowest BCUT2D eigenvalue weighted by atomic mass is 10.1. The molecule has 0 aliphatic carbocycles. The van der Waals surface area contributed by atoms with E-state index in [-0.39, 0.29) is 16.6 Å². The Bertz CT molecular complexity index is 1990. The third-order valence-corrected chi connectivity index (χ3v) is 9.21. The molecule has 3 N–H and O–H groups in total. The molecule has 8 nitrogen and oxygen atoms in total. The number of rotatable bonds is 12. The van der Waals surface area contributed by atoms with Crippen LogP contribution in [-0.2, 0) is 9.59 Å². The van der Waals surface area contributed by atoms with Gasteiger partial charge in [-0.3, -0.25) is 14.4 Å². The summed E-state index contributed by atoms with van der Waals surface area (Å²) in [5.41, 5.74) is 2.59. The smallest absolute Gasteiger partial charge is 0.272 e. The minimum Gasteiger partial charge on any atom is -0.493 e. The fraction of sp³-hybridized carbons (Fsp3) is 0.0789. The average molecular weight is 713 g/mol. The number of anilines is 2. The van der Waals surface area contributed by atoms with Gasteiger partial charge in [0.1, 0.15) is 10.9 Å². The van der Waals surface area contributed by atoms with Gasteiger partial charge in [-0.15, -0.1) is 11.8 Å². The summed E-state index contributed by atoms with van der Waals surface area (Å²) in [4.78, 5) is 41.2. The average Bonchev–Trinajstić information content (AvgIpc) is 3.13. The number of nitrogens with one attached hydrogen (secondary N) is 3. The molecule has 5 aromatic carbocycles. The minimum atomic E-state index is -0.673. The lowest BCUT2D eigenvalue weighted by molar-refractivity contribution is -0.116. The van der Waals surface area contributed by atoms with Gasteiger partial charge in [0, 0.05) is 16.1 Å². The number of amides is 3. The normalized spacial score (nSPS) is 11.6. The van der Waals surface area contributed by atoms with E-state index in [1.165, 1.54) is 26.0 Å². The monoisotopic (exact) mass is 711 g/mol. The number of hydrogen-bond acceptors (Lipinski definition) is 6. The van der Waals surface area contributed by atoms with Crippen molar-refractivity contribution in [2.75, 3.05) is 24.9 Å². The molecular formula is C38H31Cl2N3O5S. The highest BCUT2D eigenvalue weighted by molar-refractivity contribution is 8.00. The lowest BCUT2D eigenvalue weighted by Gasteiger charge is -2.18. The van der Waals surface area contributed by atoms with Gasteiger partial charge in [0.25, 0.3) is 11.8 Å². The van der Waals surface area contributed by atoms with Gasteiger partial charge in [-0.1, -0.05) is 89.9 Å². The Balaban J connectivity index is 1.41. The SMILES string of the molecule is COc1ccc(/C=C(/NC(=O)c2ccccc2)C(=O)Nc2cccc(SC(C(=O)Nc3cccc(Cl)c3Cl)c3ccccc3)c2)cc1OC. The van der Waals surface area contributed by atoms with Gasteiger partial charge < -0.3 is 25.4 Å². The second-order valence-corrected chi connectivity index (χ2v) is 12.4. The molecule has 49 heavy (non-hydrogen) atoms. The highest BCUT2D eigenvalue weighted by Crippen LogP contribution is 2.38. The van der Waals surface area contributed by atoms with Gasteiger partial charge in [0.15, 0.2) is 11.5 Å². The van der Waals surface area contributed by atoms with Crippen LogP contribution in [0.3, 0.4) is 0 Å². The van der Waals surface area contributed by atoms with Crippen LogP contribution in [-0.4, -0.2) is 31.9 Å². The fourth-order valence-electron chi connectivity index (χ4n) is 4.73. The third-order valence-electron chi connectivity index (χ3n) is 7.14. The maximum Gasteiger partial charge on any atom is 0.272 e.